The number of halogens is 2. The normalized spacial score (nSPS) is 17.1. The highest BCUT2D eigenvalue weighted by atomic mass is 32.2. The van der Waals surface area contributed by atoms with Gasteiger partial charge in [0.25, 0.3) is 0 Å². The lowest BCUT2D eigenvalue weighted by molar-refractivity contribution is 0.331. The van der Waals surface area contributed by atoms with Gasteiger partial charge in [0, 0.05) is 54.7 Å². The molecule has 0 bridgehead atoms. The molecule has 0 aliphatic carbocycles. The highest BCUT2D eigenvalue weighted by molar-refractivity contribution is 7.90. The summed E-state index contributed by atoms with van der Waals surface area (Å²) < 4.78 is 54.0. The van der Waals surface area contributed by atoms with Crippen molar-refractivity contribution in [2.24, 2.45) is 5.92 Å². The van der Waals surface area contributed by atoms with E-state index in [1.807, 2.05) is 12.3 Å². The molecule has 0 radical (unpaired) electrons. The predicted octanol–water partition coefficient (Wildman–Crippen LogP) is 2.88. The Balaban J connectivity index is 1.42. The third-order valence-electron chi connectivity index (χ3n) is 6.17. The second-order valence-electron chi connectivity index (χ2n) is 8.45. The standard InChI is InChI=1S/C22H20F2N8O2S/c1-35(33,34)22-17(24)8-16(23)21(30-22)31-7-4-13(10-31)18(2-5-25)32-11-14(9-29-32)19-15-3-6-26-20(15)28-12-27-19/h3,6,8-9,11-13,18H,2,4,7,10H2,1H3,(H,26,27,28). The second-order valence-corrected chi connectivity index (χ2v) is 10.4. The van der Waals surface area contributed by atoms with Crippen molar-refractivity contribution in [3.8, 4) is 17.3 Å². The number of rotatable bonds is 6. The zero-order chi connectivity index (χ0) is 24.7. The molecule has 1 aliphatic rings. The van der Waals surface area contributed by atoms with Crippen LogP contribution in [-0.4, -0.2) is 57.5 Å². The highest BCUT2D eigenvalue weighted by Gasteiger charge is 2.34. The molecule has 0 aromatic carbocycles. The molecule has 2 unspecified atom stereocenters. The third kappa shape index (κ3) is 4.21. The van der Waals surface area contributed by atoms with E-state index in [1.165, 1.54) is 6.33 Å². The van der Waals surface area contributed by atoms with Crippen LogP contribution in [0.5, 0.6) is 0 Å². The molecule has 0 amide bonds. The fourth-order valence-electron chi connectivity index (χ4n) is 4.53. The van der Waals surface area contributed by atoms with Crippen LogP contribution in [0.1, 0.15) is 18.9 Å². The van der Waals surface area contributed by atoms with Gasteiger partial charge in [0.05, 0.1) is 30.4 Å². The molecule has 4 aromatic rings. The summed E-state index contributed by atoms with van der Waals surface area (Å²) in [5.74, 6) is -2.49. The lowest BCUT2D eigenvalue weighted by atomic mass is 9.96. The van der Waals surface area contributed by atoms with Crippen LogP contribution in [0.15, 0.2) is 42.1 Å². The Morgan fingerprint density at radius 1 is 1.31 bits per heavy atom. The molecule has 180 valence electrons. The topological polar surface area (TPSA) is 133 Å². The van der Waals surface area contributed by atoms with Crippen molar-refractivity contribution in [2.75, 3.05) is 24.2 Å². The SMILES string of the molecule is CS(=O)(=O)c1nc(N2CCC(C(CC#N)n3cc(-c4ncnc5[nH]ccc45)cn3)C2)c(F)cc1F. The van der Waals surface area contributed by atoms with Gasteiger partial charge in [-0.15, -0.1) is 0 Å². The molecular formula is C22H20F2N8O2S. The number of nitriles is 1. The van der Waals surface area contributed by atoms with Crippen LogP contribution in [-0.2, 0) is 9.84 Å². The maximum absolute atomic E-state index is 14.5. The van der Waals surface area contributed by atoms with Gasteiger partial charge < -0.3 is 9.88 Å². The van der Waals surface area contributed by atoms with E-state index in [0.717, 1.165) is 17.2 Å². The van der Waals surface area contributed by atoms with Crippen molar-refractivity contribution in [3.05, 3.63) is 48.7 Å². The molecule has 1 N–H and O–H groups in total. The van der Waals surface area contributed by atoms with E-state index in [1.54, 1.807) is 22.0 Å². The lowest BCUT2D eigenvalue weighted by Crippen LogP contribution is -2.27. The number of pyridine rings is 1. The molecule has 0 saturated carbocycles. The van der Waals surface area contributed by atoms with Crippen molar-refractivity contribution in [2.45, 2.75) is 23.9 Å². The van der Waals surface area contributed by atoms with Crippen molar-refractivity contribution in [3.63, 3.8) is 0 Å². The smallest absolute Gasteiger partial charge is 0.195 e. The van der Waals surface area contributed by atoms with Crippen LogP contribution in [0.25, 0.3) is 22.3 Å². The maximum atomic E-state index is 14.5. The van der Waals surface area contributed by atoms with E-state index in [2.05, 4.69) is 31.1 Å². The molecule has 13 heteroatoms. The van der Waals surface area contributed by atoms with E-state index in [4.69, 9.17) is 0 Å². The Kier molecular flexibility index (Phi) is 5.68. The second kappa shape index (κ2) is 8.70. The van der Waals surface area contributed by atoms with E-state index in [0.29, 0.717) is 36.9 Å². The Labute approximate surface area is 199 Å². The number of nitrogens with one attached hydrogen (secondary N) is 1. The van der Waals surface area contributed by atoms with Gasteiger partial charge in [0.15, 0.2) is 32.3 Å². The molecule has 4 aromatic heterocycles. The van der Waals surface area contributed by atoms with E-state index in [9.17, 15) is 22.5 Å². The average Bonchev–Trinajstić information content (AvgIpc) is 3.57. The largest absolute Gasteiger partial charge is 0.354 e. The predicted molar refractivity (Wildman–Crippen MR) is 122 cm³/mol. The molecule has 0 spiro atoms. The van der Waals surface area contributed by atoms with Crippen LogP contribution in [0.2, 0.25) is 0 Å². The first-order valence-electron chi connectivity index (χ1n) is 10.8. The highest BCUT2D eigenvalue weighted by Crippen LogP contribution is 2.35. The molecular weight excluding hydrogens is 478 g/mol. The van der Waals surface area contributed by atoms with Crippen molar-refractivity contribution >= 4 is 26.7 Å². The van der Waals surface area contributed by atoms with Crippen molar-refractivity contribution in [1.29, 1.82) is 5.26 Å². The van der Waals surface area contributed by atoms with Crippen LogP contribution < -0.4 is 4.90 Å². The molecule has 2 atom stereocenters. The van der Waals surface area contributed by atoms with Gasteiger partial charge in [-0.1, -0.05) is 0 Å². The molecule has 1 saturated heterocycles. The van der Waals surface area contributed by atoms with Crippen molar-refractivity contribution in [1.82, 2.24) is 29.7 Å². The fourth-order valence-corrected chi connectivity index (χ4v) is 5.20. The Morgan fingerprint density at radius 3 is 2.91 bits per heavy atom. The number of hydrogen-bond donors (Lipinski definition) is 1. The summed E-state index contributed by atoms with van der Waals surface area (Å²) in [5, 5.41) is 14.0. The molecule has 35 heavy (non-hydrogen) atoms. The van der Waals surface area contributed by atoms with E-state index >= 15 is 0 Å². The maximum Gasteiger partial charge on any atom is 0.195 e. The first-order chi connectivity index (χ1) is 16.8. The summed E-state index contributed by atoms with van der Waals surface area (Å²) in [5.41, 5.74) is 2.17. The molecule has 5 rings (SSSR count). The average molecular weight is 499 g/mol. The minimum absolute atomic E-state index is 0.104. The zero-order valence-corrected chi connectivity index (χ0v) is 19.4. The third-order valence-corrected chi connectivity index (χ3v) is 7.16. The Bertz CT molecular complexity index is 1560. The van der Waals surface area contributed by atoms with E-state index in [-0.39, 0.29) is 24.2 Å². The van der Waals surface area contributed by atoms with Crippen LogP contribution in [0.4, 0.5) is 14.6 Å². The van der Waals surface area contributed by atoms with Gasteiger partial charge in [-0.2, -0.15) is 10.4 Å². The van der Waals surface area contributed by atoms with Crippen LogP contribution in [0, 0.1) is 28.9 Å². The lowest BCUT2D eigenvalue weighted by Gasteiger charge is -2.23. The number of fused-ring (bicyclic) bond motifs is 1. The van der Waals surface area contributed by atoms with Crippen LogP contribution in [0.3, 0.4) is 0 Å². The number of anilines is 1. The van der Waals surface area contributed by atoms with Crippen molar-refractivity contribution < 1.29 is 17.2 Å². The number of hydrogen-bond acceptors (Lipinski definition) is 8. The molecule has 10 nitrogen and oxygen atoms in total. The number of nitrogens with zero attached hydrogens (tertiary/aromatic N) is 7. The summed E-state index contributed by atoms with van der Waals surface area (Å²) in [6.45, 7) is 0.672. The summed E-state index contributed by atoms with van der Waals surface area (Å²) in [6, 6.07) is 4.29. The van der Waals surface area contributed by atoms with Gasteiger partial charge in [-0.25, -0.2) is 32.2 Å². The van der Waals surface area contributed by atoms with Gasteiger partial charge in [0.2, 0.25) is 0 Å². The first kappa shape index (κ1) is 22.9. The van der Waals surface area contributed by atoms with Gasteiger partial charge in [-0.05, 0) is 12.5 Å². The summed E-state index contributed by atoms with van der Waals surface area (Å²) in [6.07, 6.45) is 8.30. The number of aromatic nitrogens is 6. The Morgan fingerprint density at radius 2 is 2.14 bits per heavy atom. The molecule has 1 fully saturated rings. The minimum atomic E-state index is -3.97. The quantitative estimate of drug-likeness (QED) is 0.429. The number of sulfone groups is 1. The van der Waals surface area contributed by atoms with E-state index < -0.39 is 26.5 Å². The fraction of sp³-hybridized carbons (Fsp3) is 0.318. The number of H-pyrrole nitrogens is 1. The van der Waals surface area contributed by atoms with Gasteiger partial charge >= 0.3 is 0 Å². The van der Waals surface area contributed by atoms with Crippen LogP contribution >= 0.6 is 0 Å². The van der Waals surface area contributed by atoms with Gasteiger partial charge in [0.1, 0.15) is 12.0 Å². The molecule has 1 aliphatic heterocycles. The van der Waals surface area contributed by atoms with Gasteiger partial charge in [-0.3, -0.25) is 4.68 Å². The first-order valence-corrected chi connectivity index (χ1v) is 12.7. The monoisotopic (exact) mass is 498 g/mol. The summed E-state index contributed by atoms with van der Waals surface area (Å²) >= 11 is 0. The number of aromatic amines is 1. The summed E-state index contributed by atoms with van der Waals surface area (Å²) in [4.78, 5) is 17.0. The zero-order valence-electron chi connectivity index (χ0n) is 18.6. The minimum Gasteiger partial charge on any atom is -0.354 e. The Hall–Kier alpha value is -3.92. The molecule has 5 heterocycles. The summed E-state index contributed by atoms with van der Waals surface area (Å²) in [7, 11) is -3.97.